The number of pyridine rings is 1. The third-order valence-corrected chi connectivity index (χ3v) is 4.45. The molecule has 0 aliphatic carbocycles. The van der Waals surface area contributed by atoms with Crippen LogP contribution in [0.3, 0.4) is 0 Å². The monoisotopic (exact) mass is 312 g/mol. The Morgan fingerprint density at radius 3 is 2.75 bits per heavy atom. The number of para-hydroxylation sites is 1. The Morgan fingerprint density at radius 1 is 0.917 bits per heavy atom. The van der Waals surface area contributed by atoms with Crippen molar-refractivity contribution < 1.29 is 0 Å². The fourth-order valence-corrected chi connectivity index (χ4v) is 3.14. The van der Waals surface area contributed by atoms with Gasteiger partial charge in [0.1, 0.15) is 0 Å². The Balaban J connectivity index is 1.45. The number of fused-ring (bicyclic) bond motifs is 1. The summed E-state index contributed by atoms with van der Waals surface area (Å²) in [5.74, 6) is 0. The van der Waals surface area contributed by atoms with Crippen LogP contribution in [0, 0.1) is 6.92 Å². The zero-order chi connectivity index (χ0) is 16.4. The first-order valence-electron chi connectivity index (χ1n) is 8.46. The third-order valence-electron chi connectivity index (χ3n) is 4.45. The van der Waals surface area contributed by atoms with E-state index in [0.717, 1.165) is 36.2 Å². The molecule has 0 radical (unpaired) electrons. The predicted octanol–water partition coefficient (Wildman–Crippen LogP) is 5.36. The zero-order valence-electron chi connectivity index (χ0n) is 13.9. The molecule has 0 atom stereocenters. The summed E-state index contributed by atoms with van der Waals surface area (Å²) in [6, 6.07) is 21.1. The van der Waals surface area contributed by atoms with Gasteiger partial charge in [-0.25, -0.2) is 0 Å². The molecular weight excluding hydrogens is 292 g/mol. The van der Waals surface area contributed by atoms with E-state index in [1.807, 2.05) is 6.07 Å². The lowest BCUT2D eigenvalue weighted by Gasteiger charge is -2.04. The van der Waals surface area contributed by atoms with Gasteiger partial charge in [-0.15, -0.1) is 0 Å². The second kappa shape index (κ2) is 6.40. The van der Waals surface area contributed by atoms with Crippen molar-refractivity contribution in [1.29, 1.82) is 0 Å². The van der Waals surface area contributed by atoms with Gasteiger partial charge in [0.05, 0.1) is 11.2 Å². The molecule has 0 spiro atoms. The van der Waals surface area contributed by atoms with E-state index < -0.39 is 0 Å². The van der Waals surface area contributed by atoms with Crippen molar-refractivity contribution in [2.24, 2.45) is 4.99 Å². The number of nitrogens with zero attached hydrogens (tertiary/aromatic N) is 2. The van der Waals surface area contributed by atoms with Gasteiger partial charge < -0.3 is 0 Å². The van der Waals surface area contributed by atoms with E-state index in [-0.39, 0.29) is 0 Å². The van der Waals surface area contributed by atoms with Crippen LogP contribution in [0.4, 0.5) is 0 Å². The number of aromatic nitrogens is 1. The molecule has 118 valence electrons. The minimum atomic E-state index is 0.943. The summed E-state index contributed by atoms with van der Waals surface area (Å²) in [5.41, 5.74) is 7.07. The van der Waals surface area contributed by atoms with E-state index in [2.05, 4.69) is 67.6 Å². The molecule has 0 bridgehead atoms. The number of hydrogen-bond donors (Lipinski definition) is 0. The molecule has 2 heterocycles. The van der Waals surface area contributed by atoms with Crippen LogP contribution in [-0.4, -0.2) is 10.7 Å². The molecule has 1 aromatic heterocycles. The second-order valence-electron chi connectivity index (χ2n) is 6.34. The van der Waals surface area contributed by atoms with Crippen molar-refractivity contribution >= 4 is 22.3 Å². The third kappa shape index (κ3) is 3.13. The summed E-state index contributed by atoms with van der Waals surface area (Å²) in [7, 11) is 0. The molecule has 1 aliphatic heterocycles. The summed E-state index contributed by atoms with van der Waals surface area (Å²) in [6.07, 6.45) is 5.10. The largest absolute Gasteiger partial charge is 0.257 e. The molecule has 0 N–H and O–H groups in total. The van der Waals surface area contributed by atoms with Crippen molar-refractivity contribution in [2.45, 2.75) is 26.2 Å². The van der Waals surface area contributed by atoms with Crippen LogP contribution in [0.25, 0.3) is 16.6 Å². The molecule has 3 aromatic rings. The highest BCUT2D eigenvalue weighted by molar-refractivity contribution is 5.96. The van der Waals surface area contributed by atoms with Gasteiger partial charge in [-0.3, -0.25) is 9.98 Å². The molecular formula is C22H20N2. The van der Waals surface area contributed by atoms with Crippen LogP contribution in [0.2, 0.25) is 0 Å². The molecule has 1 aliphatic rings. The first-order chi connectivity index (χ1) is 11.8. The maximum absolute atomic E-state index is 4.83. The van der Waals surface area contributed by atoms with Gasteiger partial charge in [0.15, 0.2) is 0 Å². The quantitative estimate of drug-likeness (QED) is 0.636. The maximum atomic E-state index is 4.83. The Labute approximate surface area is 142 Å². The number of hydrogen-bond acceptors (Lipinski definition) is 2. The Bertz CT molecular complexity index is 951. The molecule has 2 heteroatoms. The van der Waals surface area contributed by atoms with Crippen LogP contribution in [0.5, 0.6) is 0 Å². The topological polar surface area (TPSA) is 25.2 Å². The van der Waals surface area contributed by atoms with Crippen LogP contribution >= 0.6 is 0 Å². The Kier molecular flexibility index (Phi) is 3.96. The van der Waals surface area contributed by atoms with Crippen LogP contribution in [-0.2, 0) is 6.42 Å². The maximum Gasteiger partial charge on any atom is 0.0705 e. The lowest BCUT2D eigenvalue weighted by Crippen LogP contribution is -1.98. The smallest absolute Gasteiger partial charge is 0.0705 e. The van der Waals surface area contributed by atoms with Crippen molar-refractivity contribution in [3.63, 3.8) is 0 Å². The highest BCUT2D eigenvalue weighted by Gasteiger charge is 2.11. The molecule has 0 fully saturated rings. The fourth-order valence-electron chi connectivity index (χ4n) is 3.14. The van der Waals surface area contributed by atoms with Crippen molar-refractivity contribution in [3.05, 3.63) is 83.6 Å². The molecule has 0 unspecified atom stereocenters. The summed E-state index contributed by atoms with van der Waals surface area (Å²) < 4.78 is 0. The molecule has 0 saturated carbocycles. The van der Waals surface area contributed by atoms with Gasteiger partial charge in [-0.2, -0.15) is 0 Å². The van der Waals surface area contributed by atoms with E-state index in [9.17, 15) is 0 Å². The second-order valence-corrected chi connectivity index (χ2v) is 6.34. The summed E-state index contributed by atoms with van der Waals surface area (Å²) >= 11 is 0. The van der Waals surface area contributed by atoms with Crippen molar-refractivity contribution in [3.8, 4) is 0 Å². The fraction of sp³-hybridized carbons (Fsp3) is 0.182. The average molecular weight is 312 g/mol. The van der Waals surface area contributed by atoms with Gasteiger partial charge in [0.2, 0.25) is 0 Å². The minimum absolute atomic E-state index is 0.943. The first kappa shape index (κ1) is 14.8. The molecule has 0 saturated heterocycles. The number of allylic oxidation sites excluding steroid dienone is 1. The molecule has 24 heavy (non-hydrogen) atoms. The summed E-state index contributed by atoms with van der Waals surface area (Å²) in [6.45, 7) is 2.12. The van der Waals surface area contributed by atoms with Crippen LogP contribution in [0.15, 0.2) is 71.7 Å². The highest BCUT2D eigenvalue weighted by Crippen LogP contribution is 2.24. The predicted molar refractivity (Wildman–Crippen MR) is 101 cm³/mol. The number of aryl methyl sites for hydroxylation is 2. The number of benzene rings is 2. The van der Waals surface area contributed by atoms with E-state index in [1.54, 1.807) is 0 Å². The number of aliphatic imine (C=N–C) groups is 1. The lowest BCUT2D eigenvalue weighted by atomic mass is 10.1. The van der Waals surface area contributed by atoms with Crippen molar-refractivity contribution in [2.75, 3.05) is 0 Å². The highest BCUT2D eigenvalue weighted by atomic mass is 14.8. The first-order valence-corrected chi connectivity index (χ1v) is 8.46. The van der Waals surface area contributed by atoms with E-state index >= 15 is 0 Å². The van der Waals surface area contributed by atoms with Gasteiger partial charge in [0, 0.05) is 28.8 Å². The number of rotatable bonds is 4. The molecule has 2 nitrogen and oxygen atoms in total. The Hall–Kier alpha value is -2.74. The molecule has 0 amide bonds. The summed E-state index contributed by atoms with van der Waals surface area (Å²) in [4.78, 5) is 9.58. The van der Waals surface area contributed by atoms with Gasteiger partial charge in [-0.1, -0.05) is 54.1 Å². The normalized spacial score (nSPS) is 13.9. The average Bonchev–Trinajstić information content (AvgIpc) is 3.09. The van der Waals surface area contributed by atoms with Gasteiger partial charge in [-0.05, 0) is 38.0 Å². The van der Waals surface area contributed by atoms with E-state index in [1.165, 1.54) is 22.2 Å². The van der Waals surface area contributed by atoms with E-state index in [4.69, 9.17) is 9.98 Å². The standard InChI is InChI=1S/C22H20N2/c1-16-5-4-7-18(15-16)22-14-13-20(24-22)12-11-19-10-9-17-6-2-3-8-21(17)23-19/h2-10,14-15H,11-13H2,1H3. The van der Waals surface area contributed by atoms with Crippen molar-refractivity contribution in [1.82, 2.24) is 4.98 Å². The van der Waals surface area contributed by atoms with Gasteiger partial charge in [0.25, 0.3) is 0 Å². The minimum Gasteiger partial charge on any atom is -0.257 e. The molecule has 2 aromatic carbocycles. The zero-order valence-corrected chi connectivity index (χ0v) is 13.9. The molecule has 4 rings (SSSR count). The van der Waals surface area contributed by atoms with E-state index in [0.29, 0.717) is 0 Å². The van der Waals surface area contributed by atoms with Gasteiger partial charge >= 0.3 is 0 Å². The Morgan fingerprint density at radius 2 is 1.83 bits per heavy atom. The van der Waals surface area contributed by atoms with Crippen LogP contribution in [0.1, 0.15) is 29.7 Å². The van der Waals surface area contributed by atoms with Crippen LogP contribution < -0.4 is 0 Å². The lowest BCUT2D eigenvalue weighted by molar-refractivity contribution is 0.975. The SMILES string of the molecule is Cc1cccc(C2=CCC(CCc3ccc4ccccc4n3)=N2)c1. The summed E-state index contributed by atoms with van der Waals surface area (Å²) in [5, 5.41) is 1.20.